The van der Waals surface area contributed by atoms with E-state index in [1.54, 1.807) is 14.2 Å². The van der Waals surface area contributed by atoms with Gasteiger partial charge in [-0.1, -0.05) is 58.8 Å². The lowest BCUT2D eigenvalue weighted by atomic mass is 9.62. The molecule has 2 heterocycles. The average Bonchev–Trinajstić information content (AvgIpc) is 3.54. The zero-order chi connectivity index (χ0) is 34.0. The van der Waals surface area contributed by atoms with Crippen LogP contribution in [-0.4, -0.2) is 71.2 Å². The van der Waals surface area contributed by atoms with Crippen LogP contribution in [0.15, 0.2) is 30.4 Å². The molecule has 1 saturated carbocycles. The van der Waals surface area contributed by atoms with Crippen LogP contribution in [0.5, 0.6) is 11.5 Å². The van der Waals surface area contributed by atoms with Gasteiger partial charge < -0.3 is 28.3 Å². The highest BCUT2D eigenvalue weighted by Crippen LogP contribution is 2.51. The van der Waals surface area contributed by atoms with Gasteiger partial charge in [0.2, 0.25) is 5.91 Å². The molecule has 2 aliphatic heterocycles. The maximum atomic E-state index is 14.4. The predicted octanol–water partition coefficient (Wildman–Crippen LogP) is 7.41. The predicted molar refractivity (Wildman–Crippen MR) is 186 cm³/mol. The van der Waals surface area contributed by atoms with Crippen molar-refractivity contribution in [3.05, 3.63) is 35.9 Å². The van der Waals surface area contributed by atoms with Crippen molar-refractivity contribution in [2.75, 3.05) is 40.6 Å². The minimum atomic E-state index is -2.03. The molecule has 9 heteroatoms. The zero-order valence-electron chi connectivity index (χ0n) is 30.1. The topological polar surface area (TPSA) is 83.5 Å². The standard InChI is InChI=1S/C38H59NO7Si/c1-26-14-16-28-12-9-10-13-30(28)34(26)35(40)31-23-38(29(18-19-39(38)36(31)41)25-46-47(7,8)37(2,3)4)45-21-11-20-44-24-27-15-17-32(42-5)33(22-27)43-6/h14-17,22,26,28-31,34H,9-13,18-21,23-25H2,1-8H3/t26-,28+,29-,30-,31?,34-,38-/m0/s1. The van der Waals surface area contributed by atoms with Crippen LogP contribution in [-0.2, 0) is 30.1 Å². The number of Topliss-reactive ketones (excluding diaryl/α,β-unsaturated/α-hetero) is 1. The lowest BCUT2D eigenvalue weighted by Gasteiger charge is -2.41. The maximum Gasteiger partial charge on any atom is 0.235 e. The molecule has 1 amide bonds. The summed E-state index contributed by atoms with van der Waals surface area (Å²) >= 11 is 0. The van der Waals surface area contributed by atoms with Crippen molar-refractivity contribution in [2.24, 2.45) is 35.5 Å². The van der Waals surface area contributed by atoms with Crippen LogP contribution in [0.1, 0.15) is 78.2 Å². The Labute approximate surface area is 284 Å². The van der Waals surface area contributed by atoms with E-state index in [0.717, 1.165) is 24.8 Å². The van der Waals surface area contributed by atoms with Crippen LogP contribution in [0.4, 0.5) is 0 Å². The number of ketones is 1. The highest BCUT2D eigenvalue weighted by atomic mass is 28.4. The first-order valence-electron chi connectivity index (χ1n) is 17.9. The van der Waals surface area contributed by atoms with Crippen molar-refractivity contribution in [1.82, 2.24) is 4.90 Å². The van der Waals surface area contributed by atoms with Gasteiger partial charge >= 0.3 is 0 Å². The number of hydrogen-bond acceptors (Lipinski definition) is 7. The molecular weight excluding hydrogens is 611 g/mol. The number of methoxy groups -OCH3 is 2. The summed E-state index contributed by atoms with van der Waals surface area (Å²) < 4.78 is 30.4. The molecule has 7 atom stereocenters. The Balaban J connectivity index is 1.28. The first-order valence-corrected chi connectivity index (χ1v) is 20.8. The number of fused-ring (bicyclic) bond motifs is 2. The van der Waals surface area contributed by atoms with Crippen LogP contribution in [0.2, 0.25) is 18.1 Å². The van der Waals surface area contributed by atoms with Gasteiger partial charge in [0.25, 0.3) is 0 Å². The lowest BCUT2D eigenvalue weighted by Crippen LogP contribution is -2.50. The molecule has 8 nitrogen and oxygen atoms in total. The molecule has 1 unspecified atom stereocenters. The van der Waals surface area contributed by atoms with Crippen LogP contribution in [0.3, 0.4) is 0 Å². The number of hydrogen-bond donors (Lipinski definition) is 0. The summed E-state index contributed by atoms with van der Waals surface area (Å²) in [6.07, 6.45) is 11.1. The molecule has 2 aliphatic carbocycles. The quantitative estimate of drug-likeness (QED) is 0.0883. The number of rotatable bonds is 14. The van der Waals surface area contributed by atoms with E-state index in [-0.39, 0.29) is 34.5 Å². The van der Waals surface area contributed by atoms with E-state index in [9.17, 15) is 9.59 Å². The van der Waals surface area contributed by atoms with Crippen LogP contribution >= 0.6 is 0 Å². The van der Waals surface area contributed by atoms with Gasteiger partial charge in [0, 0.05) is 38.0 Å². The molecule has 0 radical (unpaired) electrons. The third kappa shape index (κ3) is 7.38. The van der Waals surface area contributed by atoms with Crippen LogP contribution < -0.4 is 9.47 Å². The Morgan fingerprint density at radius 3 is 2.49 bits per heavy atom. The van der Waals surface area contributed by atoms with Crippen LogP contribution in [0.25, 0.3) is 0 Å². The summed E-state index contributed by atoms with van der Waals surface area (Å²) in [5.41, 5.74) is 0.185. The van der Waals surface area contributed by atoms with Gasteiger partial charge in [-0.15, -0.1) is 0 Å². The Bertz CT molecular complexity index is 1290. The maximum absolute atomic E-state index is 14.4. The fourth-order valence-electron chi connectivity index (χ4n) is 8.25. The molecule has 1 aromatic rings. The molecule has 0 aromatic heterocycles. The lowest BCUT2D eigenvalue weighted by molar-refractivity contribution is -0.165. The van der Waals surface area contributed by atoms with Gasteiger partial charge in [-0.2, -0.15) is 0 Å². The minimum Gasteiger partial charge on any atom is -0.493 e. The highest BCUT2D eigenvalue weighted by molar-refractivity contribution is 6.74. The monoisotopic (exact) mass is 669 g/mol. The van der Waals surface area contributed by atoms with Crippen molar-refractivity contribution >= 4 is 20.0 Å². The molecule has 47 heavy (non-hydrogen) atoms. The third-order valence-electron chi connectivity index (χ3n) is 12.0. The summed E-state index contributed by atoms with van der Waals surface area (Å²) in [7, 11) is 1.23. The van der Waals surface area contributed by atoms with E-state index in [1.807, 2.05) is 23.1 Å². The van der Waals surface area contributed by atoms with Gasteiger partial charge in [-0.25, -0.2) is 0 Å². The fourth-order valence-corrected chi connectivity index (χ4v) is 9.30. The number of carbonyl (C=O) groups is 2. The zero-order valence-corrected chi connectivity index (χ0v) is 31.1. The van der Waals surface area contributed by atoms with E-state index in [0.29, 0.717) is 69.1 Å². The first-order chi connectivity index (χ1) is 22.3. The minimum absolute atomic E-state index is 0.0251. The number of carbonyl (C=O) groups excluding carboxylic acids is 2. The first kappa shape index (κ1) is 36.1. The third-order valence-corrected chi connectivity index (χ3v) is 16.5. The molecule has 5 rings (SSSR count). The van der Waals surface area contributed by atoms with Crippen molar-refractivity contribution in [2.45, 2.75) is 103 Å². The van der Waals surface area contributed by atoms with Crippen molar-refractivity contribution in [3.8, 4) is 11.5 Å². The second-order valence-electron chi connectivity index (χ2n) is 15.9. The summed E-state index contributed by atoms with van der Waals surface area (Å²) in [5, 5.41) is 0.0791. The Kier molecular flexibility index (Phi) is 11.3. The molecule has 0 N–H and O–H groups in total. The second kappa shape index (κ2) is 14.7. The summed E-state index contributed by atoms with van der Waals surface area (Å²) in [4.78, 5) is 30.5. The number of benzene rings is 1. The molecule has 4 aliphatic rings. The number of nitrogens with zero attached hydrogens (tertiary/aromatic N) is 1. The second-order valence-corrected chi connectivity index (χ2v) is 20.7. The van der Waals surface area contributed by atoms with Gasteiger partial charge in [0.15, 0.2) is 19.8 Å². The Morgan fingerprint density at radius 2 is 1.77 bits per heavy atom. The van der Waals surface area contributed by atoms with Crippen molar-refractivity contribution in [3.63, 3.8) is 0 Å². The van der Waals surface area contributed by atoms with Crippen LogP contribution in [0, 0.1) is 35.5 Å². The van der Waals surface area contributed by atoms with E-state index in [4.69, 9.17) is 23.4 Å². The fraction of sp³-hybridized carbons (Fsp3) is 0.737. The summed E-state index contributed by atoms with van der Waals surface area (Å²) in [6.45, 7) is 16.0. The number of amides is 1. The normalized spacial score (nSPS) is 30.7. The SMILES string of the molecule is COc1ccc(COCCCO[C@]23CC(C(=O)[C@@H]4[C@H]5CCCC[C@@H]5C=C[C@@H]4C)C(=O)N2CC[C@H]3CO[Si](C)(C)C(C)(C)C)cc1OC. The van der Waals surface area contributed by atoms with E-state index < -0.39 is 20.0 Å². The molecule has 0 spiro atoms. The van der Waals surface area contributed by atoms with E-state index >= 15 is 0 Å². The average molecular weight is 670 g/mol. The van der Waals surface area contributed by atoms with Crippen molar-refractivity contribution < 1.29 is 33.0 Å². The summed E-state index contributed by atoms with van der Waals surface area (Å²) in [5.74, 6) is 1.71. The van der Waals surface area contributed by atoms with Crippen molar-refractivity contribution in [1.29, 1.82) is 0 Å². The molecule has 0 bridgehead atoms. The smallest absolute Gasteiger partial charge is 0.235 e. The van der Waals surface area contributed by atoms with Gasteiger partial charge in [0.05, 0.1) is 27.4 Å². The Morgan fingerprint density at radius 1 is 1.02 bits per heavy atom. The Hall–Kier alpha value is -2.20. The number of ether oxygens (including phenoxy) is 4. The van der Waals surface area contributed by atoms with Gasteiger partial charge in [-0.3, -0.25) is 9.59 Å². The molecule has 262 valence electrons. The molecule has 2 saturated heterocycles. The van der Waals surface area contributed by atoms with Gasteiger partial charge in [0.1, 0.15) is 17.4 Å². The molecular formula is C38H59NO7Si. The van der Waals surface area contributed by atoms with E-state index in [1.165, 1.54) is 12.8 Å². The highest BCUT2D eigenvalue weighted by Gasteiger charge is 2.62. The van der Waals surface area contributed by atoms with E-state index in [2.05, 4.69) is 52.9 Å². The molecule has 3 fully saturated rings. The largest absolute Gasteiger partial charge is 0.493 e. The van der Waals surface area contributed by atoms with Gasteiger partial charge in [-0.05, 0) is 79.3 Å². The number of allylic oxidation sites excluding steroid dienone is 2. The summed E-state index contributed by atoms with van der Waals surface area (Å²) in [6, 6.07) is 5.78. The molecule has 1 aromatic carbocycles.